The van der Waals surface area contributed by atoms with Crippen LogP contribution in [0.1, 0.15) is 15.9 Å². The molecule has 0 radical (unpaired) electrons. The van der Waals surface area contributed by atoms with E-state index in [9.17, 15) is 9.59 Å². The number of carbonyl (C=O) groups is 2. The van der Waals surface area contributed by atoms with Gasteiger partial charge in [0.15, 0.2) is 0 Å². The number of rotatable bonds is 6. The van der Waals surface area contributed by atoms with Crippen molar-refractivity contribution in [3.8, 4) is 0 Å². The summed E-state index contributed by atoms with van der Waals surface area (Å²) in [5.41, 5.74) is 7.43. The minimum atomic E-state index is -0.480. The average molecular weight is 300 g/mol. The molecule has 0 saturated heterocycles. The van der Waals surface area contributed by atoms with Crippen molar-refractivity contribution in [3.63, 3.8) is 0 Å². The van der Waals surface area contributed by atoms with Gasteiger partial charge >= 0.3 is 0 Å². The predicted octanol–water partition coefficient (Wildman–Crippen LogP) is 2.66. The van der Waals surface area contributed by atoms with Crippen LogP contribution in [-0.2, 0) is 10.5 Å². The molecule has 0 aliphatic carbocycles. The molecule has 0 aliphatic heterocycles. The van der Waals surface area contributed by atoms with Gasteiger partial charge in [0.1, 0.15) is 0 Å². The molecule has 0 atom stereocenters. The van der Waals surface area contributed by atoms with Crippen molar-refractivity contribution in [1.82, 2.24) is 0 Å². The summed E-state index contributed by atoms with van der Waals surface area (Å²) in [4.78, 5) is 22.7. The first-order valence-electron chi connectivity index (χ1n) is 6.46. The van der Waals surface area contributed by atoms with Gasteiger partial charge in [-0.05, 0) is 29.8 Å². The van der Waals surface area contributed by atoms with E-state index in [0.29, 0.717) is 17.0 Å². The molecule has 4 nitrogen and oxygen atoms in total. The van der Waals surface area contributed by atoms with Crippen LogP contribution < -0.4 is 11.1 Å². The lowest BCUT2D eigenvalue weighted by molar-refractivity contribution is -0.113. The van der Waals surface area contributed by atoms with Crippen LogP contribution in [0.15, 0.2) is 54.6 Å². The first kappa shape index (κ1) is 15.1. The quantitative estimate of drug-likeness (QED) is 0.861. The summed E-state index contributed by atoms with van der Waals surface area (Å²) < 4.78 is 0. The molecule has 2 aromatic carbocycles. The Kier molecular flexibility index (Phi) is 5.40. The van der Waals surface area contributed by atoms with E-state index in [1.807, 2.05) is 30.3 Å². The van der Waals surface area contributed by atoms with E-state index in [1.54, 1.807) is 36.0 Å². The highest BCUT2D eigenvalue weighted by atomic mass is 32.2. The van der Waals surface area contributed by atoms with Crippen molar-refractivity contribution < 1.29 is 9.59 Å². The highest BCUT2D eigenvalue weighted by Crippen LogP contribution is 2.13. The molecular formula is C16H16N2O2S. The number of carbonyl (C=O) groups excluding carboxylic acids is 2. The number of primary amides is 1. The second-order valence-electron chi connectivity index (χ2n) is 4.47. The topological polar surface area (TPSA) is 72.2 Å². The smallest absolute Gasteiger partial charge is 0.248 e. The molecule has 0 saturated carbocycles. The second kappa shape index (κ2) is 7.50. The number of nitrogens with one attached hydrogen (secondary N) is 1. The van der Waals surface area contributed by atoms with Crippen LogP contribution in [-0.4, -0.2) is 17.6 Å². The van der Waals surface area contributed by atoms with Gasteiger partial charge in [-0.1, -0.05) is 30.3 Å². The van der Waals surface area contributed by atoms with Gasteiger partial charge in [0.25, 0.3) is 0 Å². The molecule has 0 bridgehead atoms. The van der Waals surface area contributed by atoms with Crippen molar-refractivity contribution in [3.05, 3.63) is 65.7 Å². The Labute approximate surface area is 127 Å². The molecule has 5 heteroatoms. The molecule has 0 spiro atoms. The number of benzene rings is 2. The van der Waals surface area contributed by atoms with E-state index in [1.165, 1.54) is 5.56 Å². The minimum absolute atomic E-state index is 0.0669. The van der Waals surface area contributed by atoms with Crippen LogP contribution in [0, 0.1) is 0 Å². The Hall–Kier alpha value is -2.27. The number of thioether (sulfide) groups is 1. The Morgan fingerprint density at radius 1 is 1.00 bits per heavy atom. The molecule has 2 aromatic rings. The van der Waals surface area contributed by atoms with Gasteiger partial charge in [0.2, 0.25) is 11.8 Å². The lowest BCUT2D eigenvalue weighted by Gasteiger charge is -2.06. The Morgan fingerprint density at radius 2 is 1.67 bits per heavy atom. The van der Waals surface area contributed by atoms with Crippen molar-refractivity contribution in [2.24, 2.45) is 5.73 Å². The Balaban J connectivity index is 1.78. The van der Waals surface area contributed by atoms with E-state index in [0.717, 1.165) is 5.75 Å². The van der Waals surface area contributed by atoms with Crippen molar-refractivity contribution in [1.29, 1.82) is 0 Å². The lowest BCUT2D eigenvalue weighted by Crippen LogP contribution is -2.15. The van der Waals surface area contributed by atoms with E-state index in [-0.39, 0.29) is 5.91 Å². The maximum absolute atomic E-state index is 11.8. The van der Waals surface area contributed by atoms with Crippen molar-refractivity contribution >= 4 is 29.3 Å². The van der Waals surface area contributed by atoms with Crippen molar-refractivity contribution in [2.45, 2.75) is 5.75 Å². The summed E-state index contributed by atoms with van der Waals surface area (Å²) in [6, 6.07) is 16.5. The third kappa shape index (κ3) is 4.96. The van der Waals surface area contributed by atoms with Crippen LogP contribution in [0.2, 0.25) is 0 Å². The zero-order valence-corrected chi connectivity index (χ0v) is 12.2. The van der Waals surface area contributed by atoms with E-state index in [2.05, 4.69) is 5.32 Å². The normalized spacial score (nSPS) is 10.1. The summed E-state index contributed by atoms with van der Waals surface area (Å²) in [7, 11) is 0. The fourth-order valence-electron chi connectivity index (χ4n) is 1.75. The standard InChI is InChI=1S/C16H16N2O2S/c17-16(20)13-6-8-14(9-7-13)18-15(19)11-21-10-12-4-2-1-3-5-12/h1-9H,10-11H2,(H2,17,20)(H,18,19). The van der Waals surface area contributed by atoms with Crippen LogP contribution in [0.25, 0.3) is 0 Å². The van der Waals surface area contributed by atoms with Gasteiger partial charge in [-0.3, -0.25) is 9.59 Å². The first-order valence-corrected chi connectivity index (χ1v) is 7.62. The molecule has 108 valence electrons. The lowest BCUT2D eigenvalue weighted by atomic mass is 10.2. The van der Waals surface area contributed by atoms with Gasteiger partial charge in [0, 0.05) is 17.0 Å². The van der Waals surface area contributed by atoms with Crippen molar-refractivity contribution in [2.75, 3.05) is 11.1 Å². The number of hydrogen-bond acceptors (Lipinski definition) is 3. The molecule has 0 heterocycles. The van der Waals surface area contributed by atoms with Gasteiger partial charge in [-0.25, -0.2) is 0 Å². The highest BCUT2D eigenvalue weighted by molar-refractivity contribution is 7.99. The monoisotopic (exact) mass is 300 g/mol. The molecule has 2 rings (SSSR count). The Bertz CT molecular complexity index is 612. The molecule has 21 heavy (non-hydrogen) atoms. The maximum atomic E-state index is 11.8. The fraction of sp³-hybridized carbons (Fsp3) is 0.125. The minimum Gasteiger partial charge on any atom is -0.366 e. The number of amides is 2. The molecule has 3 N–H and O–H groups in total. The zero-order valence-electron chi connectivity index (χ0n) is 11.4. The van der Waals surface area contributed by atoms with Gasteiger partial charge in [0.05, 0.1) is 5.75 Å². The summed E-state index contributed by atoms with van der Waals surface area (Å²) >= 11 is 1.56. The van der Waals surface area contributed by atoms with Crippen LogP contribution in [0.4, 0.5) is 5.69 Å². The fourth-order valence-corrected chi connectivity index (χ4v) is 2.54. The third-order valence-corrected chi connectivity index (χ3v) is 3.80. The number of hydrogen-bond donors (Lipinski definition) is 2. The molecular weight excluding hydrogens is 284 g/mol. The second-order valence-corrected chi connectivity index (χ2v) is 5.45. The Morgan fingerprint density at radius 3 is 2.29 bits per heavy atom. The summed E-state index contributed by atoms with van der Waals surface area (Å²) in [6.07, 6.45) is 0. The van der Waals surface area contributed by atoms with Gasteiger partial charge in [-0.2, -0.15) is 0 Å². The predicted molar refractivity (Wildman–Crippen MR) is 86.2 cm³/mol. The molecule has 0 aromatic heterocycles. The summed E-state index contributed by atoms with van der Waals surface area (Å²) in [6.45, 7) is 0. The highest BCUT2D eigenvalue weighted by Gasteiger charge is 2.04. The summed E-state index contributed by atoms with van der Waals surface area (Å²) in [5.74, 6) is 0.635. The third-order valence-electron chi connectivity index (χ3n) is 2.80. The maximum Gasteiger partial charge on any atom is 0.248 e. The number of nitrogens with two attached hydrogens (primary N) is 1. The van der Waals surface area contributed by atoms with Gasteiger partial charge in [-0.15, -0.1) is 11.8 Å². The zero-order chi connectivity index (χ0) is 15.1. The van der Waals surface area contributed by atoms with Crippen LogP contribution in [0.3, 0.4) is 0 Å². The summed E-state index contributed by atoms with van der Waals surface area (Å²) in [5, 5.41) is 2.78. The molecule has 0 aliphatic rings. The molecule has 2 amide bonds. The van der Waals surface area contributed by atoms with E-state index in [4.69, 9.17) is 5.73 Å². The number of anilines is 1. The van der Waals surface area contributed by atoms with Gasteiger partial charge < -0.3 is 11.1 Å². The van der Waals surface area contributed by atoms with E-state index >= 15 is 0 Å². The van der Waals surface area contributed by atoms with Crippen LogP contribution >= 0.6 is 11.8 Å². The van der Waals surface area contributed by atoms with E-state index < -0.39 is 5.91 Å². The SMILES string of the molecule is NC(=O)c1ccc(NC(=O)CSCc2ccccc2)cc1. The molecule has 0 fully saturated rings. The average Bonchev–Trinajstić information content (AvgIpc) is 2.49. The first-order chi connectivity index (χ1) is 10.1. The molecule has 0 unspecified atom stereocenters. The largest absolute Gasteiger partial charge is 0.366 e. The van der Waals surface area contributed by atoms with Crippen LogP contribution in [0.5, 0.6) is 0 Å².